The molecule has 10 heteroatoms. The number of ether oxygens (including phenoxy) is 2. The van der Waals surface area contributed by atoms with E-state index in [1.54, 1.807) is 20.8 Å². The van der Waals surface area contributed by atoms with Crippen LogP contribution in [0.5, 0.6) is 0 Å². The molecular weight excluding hydrogens is 319 g/mol. The van der Waals surface area contributed by atoms with Crippen LogP contribution in [0.25, 0.3) is 0 Å². The number of aromatic nitrogens is 1. The Labute approximate surface area is 130 Å². The lowest BCUT2D eigenvalue weighted by Gasteiger charge is -2.19. The van der Waals surface area contributed by atoms with E-state index in [0.29, 0.717) is 0 Å². The summed E-state index contributed by atoms with van der Waals surface area (Å²) in [6, 6.07) is 2.66. The lowest BCUT2D eigenvalue weighted by atomic mass is 10.2. The maximum atomic E-state index is 11.9. The molecule has 0 radical (unpaired) electrons. The summed E-state index contributed by atoms with van der Waals surface area (Å²) in [5.41, 5.74) is -0.569. The molecule has 0 spiro atoms. The summed E-state index contributed by atoms with van der Waals surface area (Å²) in [5, 5.41) is 4.42. The molecule has 0 aliphatic carbocycles. The summed E-state index contributed by atoms with van der Waals surface area (Å²) < 4.78 is 44.6. The first-order valence-corrected chi connectivity index (χ1v) is 6.41. The molecule has 0 unspecified atom stereocenters. The number of hydrogen-bond acceptors (Lipinski definition) is 5. The Bertz CT molecular complexity index is 553. The standard InChI is InChI=1S/C13H16F3N3O4/c1-12(2,3)23-11(21)19-9-5-4-8(6-17-9)18-10(20)22-7-13(14,15)16/h4-6H,7H2,1-3H3,(H,18,20)(H,17,19,21). The van der Waals surface area contributed by atoms with Crippen molar-refractivity contribution in [2.45, 2.75) is 32.5 Å². The van der Waals surface area contributed by atoms with Crippen molar-refractivity contribution in [3.63, 3.8) is 0 Å². The van der Waals surface area contributed by atoms with Gasteiger partial charge in [-0.1, -0.05) is 0 Å². The number of rotatable bonds is 3. The first-order chi connectivity index (χ1) is 10.4. The zero-order valence-corrected chi connectivity index (χ0v) is 12.7. The van der Waals surface area contributed by atoms with Crippen LogP contribution < -0.4 is 10.6 Å². The summed E-state index contributed by atoms with van der Waals surface area (Å²) >= 11 is 0. The van der Waals surface area contributed by atoms with E-state index in [4.69, 9.17) is 4.74 Å². The minimum atomic E-state index is -4.60. The molecule has 1 heterocycles. The fraction of sp³-hybridized carbons (Fsp3) is 0.462. The number of pyridine rings is 1. The molecule has 23 heavy (non-hydrogen) atoms. The maximum Gasteiger partial charge on any atom is 0.422 e. The number of nitrogens with one attached hydrogen (secondary N) is 2. The third-order valence-corrected chi connectivity index (χ3v) is 2.01. The molecule has 0 aliphatic heterocycles. The van der Waals surface area contributed by atoms with Crippen LogP contribution in [-0.2, 0) is 9.47 Å². The van der Waals surface area contributed by atoms with Crippen molar-refractivity contribution in [2.24, 2.45) is 0 Å². The van der Waals surface area contributed by atoms with Gasteiger partial charge in [0.2, 0.25) is 0 Å². The summed E-state index contributed by atoms with van der Waals surface area (Å²) in [5.74, 6) is 0.147. The molecule has 128 valence electrons. The van der Waals surface area contributed by atoms with Crippen molar-refractivity contribution in [3.8, 4) is 0 Å². The Balaban J connectivity index is 2.50. The highest BCUT2D eigenvalue weighted by atomic mass is 19.4. The topological polar surface area (TPSA) is 89.6 Å². The second-order valence-electron chi connectivity index (χ2n) is 5.38. The van der Waals surface area contributed by atoms with Crippen LogP contribution >= 0.6 is 0 Å². The molecule has 0 saturated heterocycles. The van der Waals surface area contributed by atoms with Crippen LogP contribution in [0.15, 0.2) is 18.3 Å². The van der Waals surface area contributed by atoms with Gasteiger partial charge in [-0.15, -0.1) is 0 Å². The zero-order chi connectivity index (χ0) is 17.7. The van der Waals surface area contributed by atoms with Crippen molar-refractivity contribution in [3.05, 3.63) is 18.3 Å². The first kappa shape index (κ1) is 18.5. The van der Waals surface area contributed by atoms with E-state index in [0.717, 1.165) is 6.20 Å². The Hall–Kier alpha value is -2.52. The van der Waals surface area contributed by atoms with Crippen LogP contribution in [0.2, 0.25) is 0 Å². The maximum absolute atomic E-state index is 11.9. The number of nitrogens with zero attached hydrogens (tertiary/aromatic N) is 1. The smallest absolute Gasteiger partial charge is 0.422 e. The predicted octanol–water partition coefficient (Wildman–Crippen LogP) is 3.54. The van der Waals surface area contributed by atoms with Crippen molar-refractivity contribution >= 4 is 23.7 Å². The van der Waals surface area contributed by atoms with E-state index in [1.165, 1.54) is 12.1 Å². The Kier molecular flexibility index (Phi) is 5.77. The zero-order valence-electron chi connectivity index (χ0n) is 12.7. The average molecular weight is 335 g/mol. The summed E-state index contributed by atoms with van der Waals surface area (Å²) in [4.78, 5) is 26.4. The number of carbonyl (C=O) groups excluding carboxylic acids is 2. The second kappa shape index (κ2) is 7.16. The molecule has 1 rings (SSSR count). The number of hydrogen-bond donors (Lipinski definition) is 2. The number of halogens is 3. The van der Waals surface area contributed by atoms with Crippen molar-refractivity contribution in [1.82, 2.24) is 4.98 Å². The minimum Gasteiger partial charge on any atom is -0.444 e. The van der Waals surface area contributed by atoms with E-state index in [-0.39, 0.29) is 11.5 Å². The second-order valence-corrected chi connectivity index (χ2v) is 5.38. The fourth-order valence-electron chi connectivity index (χ4n) is 1.25. The van der Waals surface area contributed by atoms with Crippen molar-refractivity contribution in [2.75, 3.05) is 17.2 Å². The largest absolute Gasteiger partial charge is 0.444 e. The SMILES string of the molecule is CC(C)(C)OC(=O)Nc1ccc(NC(=O)OCC(F)(F)F)cn1. The Morgan fingerprint density at radius 2 is 1.78 bits per heavy atom. The highest BCUT2D eigenvalue weighted by molar-refractivity contribution is 5.86. The van der Waals surface area contributed by atoms with E-state index in [9.17, 15) is 22.8 Å². The summed E-state index contributed by atoms with van der Waals surface area (Å²) in [6.45, 7) is 3.39. The molecule has 2 amide bonds. The lowest BCUT2D eigenvalue weighted by Crippen LogP contribution is -2.27. The van der Waals surface area contributed by atoms with E-state index < -0.39 is 30.6 Å². The molecule has 0 aliphatic rings. The van der Waals surface area contributed by atoms with Gasteiger partial charge in [0.1, 0.15) is 11.4 Å². The highest BCUT2D eigenvalue weighted by Crippen LogP contribution is 2.16. The van der Waals surface area contributed by atoms with Crippen molar-refractivity contribution in [1.29, 1.82) is 0 Å². The van der Waals surface area contributed by atoms with Crippen LogP contribution in [0.3, 0.4) is 0 Å². The van der Waals surface area contributed by atoms with Crippen LogP contribution in [0, 0.1) is 0 Å². The number of alkyl halides is 3. The molecule has 0 bridgehead atoms. The molecule has 7 nitrogen and oxygen atoms in total. The normalized spacial score (nSPS) is 11.6. The van der Waals surface area contributed by atoms with Gasteiger partial charge in [0.15, 0.2) is 6.61 Å². The number of carbonyl (C=O) groups is 2. The molecule has 2 N–H and O–H groups in total. The molecule has 1 aromatic rings. The fourth-order valence-corrected chi connectivity index (χ4v) is 1.25. The predicted molar refractivity (Wildman–Crippen MR) is 75.1 cm³/mol. The highest BCUT2D eigenvalue weighted by Gasteiger charge is 2.29. The third-order valence-electron chi connectivity index (χ3n) is 2.01. The lowest BCUT2D eigenvalue weighted by molar-refractivity contribution is -0.159. The molecule has 0 aromatic carbocycles. The molecular formula is C13H16F3N3O4. The molecule has 1 aromatic heterocycles. The molecule has 0 fully saturated rings. The van der Waals surface area contributed by atoms with E-state index in [2.05, 4.69) is 20.4 Å². The molecule has 0 atom stereocenters. The van der Waals surface area contributed by atoms with Gasteiger partial charge in [-0.05, 0) is 32.9 Å². The van der Waals surface area contributed by atoms with Gasteiger partial charge in [-0.2, -0.15) is 13.2 Å². The first-order valence-electron chi connectivity index (χ1n) is 6.41. The van der Waals surface area contributed by atoms with Gasteiger partial charge < -0.3 is 9.47 Å². The van der Waals surface area contributed by atoms with Crippen LogP contribution in [-0.4, -0.2) is 35.6 Å². The Morgan fingerprint density at radius 1 is 1.13 bits per heavy atom. The van der Waals surface area contributed by atoms with Gasteiger partial charge in [-0.25, -0.2) is 14.6 Å². The summed E-state index contributed by atoms with van der Waals surface area (Å²) in [6.07, 6.45) is -5.44. The average Bonchev–Trinajstić information content (AvgIpc) is 2.36. The third kappa shape index (κ3) is 8.49. The Morgan fingerprint density at radius 3 is 2.26 bits per heavy atom. The van der Waals surface area contributed by atoms with Gasteiger partial charge in [-0.3, -0.25) is 10.6 Å². The minimum absolute atomic E-state index is 0.104. The molecule has 0 saturated carbocycles. The van der Waals surface area contributed by atoms with Gasteiger partial charge in [0.25, 0.3) is 0 Å². The van der Waals surface area contributed by atoms with Crippen molar-refractivity contribution < 1.29 is 32.2 Å². The quantitative estimate of drug-likeness (QED) is 0.882. The summed E-state index contributed by atoms with van der Waals surface area (Å²) in [7, 11) is 0. The van der Waals surface area contributed by atoms with E-state index >= 15 is 0 Å². The van der Waals surface area contributed by atoms with E-state index in [1.807, 2.05) is 0 Å². The number of anilines is 2. The van der Waals surface area contributed by atoms with Crippen LogP contribution in [0.4, 0.5) is 34.3 Å². The van der Waals surface area contributed by atoms with Gasteiger partial charge >= 0.3 is 18.4 Å². The monoisotopic (exact) mass is 335 g/mol. The van der Waals surface area contributed by atoms with Gasteiger partial charge in [0.05, 0.1) is 11.9 Å². The van der Waals surface area contributed by atoms with Gasteiger partial charge in [0, 0.05) is 0 Å². The number of amides is 2. The van der Waals surface area contributed by atoms with Crippen LogP contribution in [0.1, 0.15) is 20.8 Å².